The average Bonchev–Trinajstić information content (AvgIpc) is 2.92. The number of carbonyl (C=O) groups excluding carboxylic acids is 2. The summed E-state index contributed by atoms with van der Waals surface area (Å²) in [6, 6.07) is 0. The van der Waals surface area contributed by atoms with Crippen LogP contribution >= 0.6 is 0 Å². The van der Waals surface area contributed by atoms with Crippen molar-refractivity contribution in [3.63, 3.8) is 0 Å². The van der Waals surface area contributed by atoms with E-state index in [9.17, 15) is 19.8 Å². The predicted molar refractivity (Wildman–Crippen MR) is 185 cm³/mol. The highest BCUT2D eigenvalue weighted by atomic mass is 16.3. The summed E-state index contributed by atoms with van der Waals surface area (Å²) in [4.78, 5) is 24.5. The summed E-state index contributed by atoms with van der Waals surface area (Å²) < 4.78 is 0. The molecule has 0 aromatic heterocycles. The monoisotopic (exact) mass is 596 g/mol. The Hall–Kier alpha value is -3.60. The van der Waals surface area contributed by atoms with Crippen LogP contribution in [0.25, 0.3) is 0 Å². The van der Waals surface area contributed by atoms with Gasteiger partial charge in [-0.3, -0.25) is 9.59 Å². The van der Waals surface area contributed by atoms with Crippen LogP contribution in [0.3, 0.4) is 0 Å². The van der Waals surface area contributed by atoms with Gasteiger partial charge in [0.2, 0.25) is 0 Å². The maximum absolute atomic E-state index is 12.2. The molecule has 44 heavy (non-hydrogen) atoms. The van der Waals surface area contributed by atoms with Crippen molar-refractivity contribution < 1.29 is 19.8 Å². The fraction of sp³-hybridized carbons (Fsp3) is 0.400. The lowest BCUT2D eigenvalue weighted by Crippen LogP contribution is -2.35. The van der Waals surface area contributed by atoms with Gasteiger partial charge in [0.05, 0.1) is 0 Å². The third-order valence-corrected chi connectivity index (χ3v) is 8.31. The Kier molecular flexibility index (Phi) is 13.2. The van der Waals surface area contributed by atoms with Gasteiger partial charge >= 0.3 is 0 Å². The zero-order chi connectivity index (χ0) is 33.2. The van der Waals surface area contributed by atoms with Crippen LogP contribution in [0.1, 0.15) is 82.1 Å². The van der Waals surface area contributed by atoms with E-state index >= 15 is 0 Å². The molecule has 2 aliphatic carbocycles. The second-order valence-corrected chi connectivity index (χ2v) is 13.4. The number of ketones is 2. The van der Waals surface area contributed by atoms with Crippen LogP contribution in [0.15, 0.2) is 130 Å². The van der Waals surface area contributed by atoms with E-state index in [1.54, 1.807) is 13.8 Å². The summed E-state index contributed by atoms with van der Waals surface area (Å²) in [7, 11) is 0. The molecule has 2 unspecified atom stereocenters. The molecule has 0 bridgehead atoms. The Labute approximate surface area is 265 Å². The second-order valence-electron chi connectivity index (χ2n) is 13.4. The summed E-state index contributed by atoms with van der Waals surface area (Å²) in [5.74, 6) is -0.350. The summed E-state index contributed by atoms with van der Waals surface area (Å²) in [5.41, 5.74) is 7.16. The molecule has 4 heteroatoms. The average molecular weight is 597 g/mol. The number of aliphatic hydroxyl groups excluding tert-OH is 2. The van der Waals surface area contributed by atoms with Crippen LogP contribution in [-0.2, 0) is 9.59 Å². The van der Waals surface area contributed by atoms with Crippen molar-refractivity contribution in [3.8, 4) is 0 Å². The molecule has 0 aromatic carbocycles. The van der Waals surface area contributed by atoms with Gasteiger partial charge < -0.3 is 10.2 Å². The molecule has 4 nitrogen and oxygen atoms in total. The Bertz CT molecular complexity index is 1340. The van der Waals surface area contributed by atoms with Gasteiger partial charge in [-0.25, -0.2) is 0 Å². The first-order chi connectivity index (χ1) is 20.5. The molecule has 0 saturated carbocycles. The van der Waals surface area contributed by atoms with E-state index in [1.807, 2.05) is 74.6 Å². The van der Waals surface area contributed by atoms with E-state index in [0.717, 1.165) is 33.4 Å². The van der Waals surface area contributed by atoms with Gasteiger partial charge in [0.25, 0.3) is 0 Å². The van der Waals surface area contributed by atoms with Crippen LogP contribution in [0.4, 0.5) is 0 Å². The van der Waals surface area contributed by atoms with E-state index < -0.39 is 12.2 Å². The number of rotatable bonds is 10. The van der Waals surface area contributed by atoms with Crippen molar-refractivity contribution in [2.45, 2.75) is 94.3 Å². The summed E-state index contributed by atoms with van der Waals surface area (Å²) in [6.07, 6.45) is 27.5. The van der Waals surface area contributed by atoms with Gasteiger partial charge in [0.1, 0.15) is 12.2 Å². The smallest absolute Gasteiger partial charge is 0.187 e. The number of carbonyl (C=O) groups is 2. The zero-order valence-corrected chi connectivity index (χ0v) is 28.4. The Morgan fingerprint density at radius 1 is 0.568 bits per heavy atom. The lowest BCUT2D eigenvalue weighted by molar-refractivity contribution is -0.126. The van der Waals surface area contributed by atoms with Crippen LogP contribution in [0.2, 0.25) is 0 Å². The minimum Gasteiger partial charge on any atom is -0.385 e. The SMILES string of the molecule is CC(C=CC=C(C)C=CC1=C(C)C(=O)C(O)CC1(C)C)=CC=CC=C(C)/C=C/C=C(C)/C=C/C1=C(C)C(=O)C(O)CC1(C)C. The summed E-state index contributed by atoms with van der Waals surface area (Å²) in [5, 5.41) is 20.0. The highest BCUT2D eigenvalue weighted by molar-refractivity contribution is 6.01. The van der Waals surface area contributed by atoms with Crippen molar-refractivity contribution in [1.29, 1.82) is 0 Å². The van der Waals surface area contributed by atoms with Crippen molar-refractivity contribution in [2.24, 2.45) is 10.8 Å². The van der Waals surface area contributed by atoms with E-state index in [1.165, 1.54) is 0 Å². The Balaban J connectivity index is 1.95. The summed E-state index contributed by atoms with van der Waals surface area (Å²) in [6.45, 7) is 20.0. The second kappa shape index (κ2) is 15.9. The molecule has 2 atom stereocenters. The summed E-state index contributed by atoms with van der Waals surface area (Å²) >= 11 is 0. The molecule has 0 fully saturated rings. The first kappa shape index (κ1) is 36.6. The first-order valence-electron chi connectivity index (χ1n) is 15.4. The molecule has 0 heterocycles. The number of aliphatic hydroxyl groups is 2. The van der Waals surface area contributed by atoms with Crippen molar-refractivity contribution in [3.05, 3.63) is 130 Å². The van der Waals surface area contributed by atoms with E-state index in [4.69, 9.17) is 0 Å². The maximum Gasteiger partial charge on any atom is 0.187 e. The van der Waals surface area contributed by atoms with E-state index in [2.05, 4.69) is 65.8 Å². The van der Waals surface area contributed by atoms with Crippen LogP contribution in [0, 0.1) is 10.8 Å². The van der Waals surface area contributed by atoms with Gasteiger partial charge in [-0.15, -0.1) is 0 Å². The first-order valence-corrected chi connectivity index (χ1v) is 15.4. The molecule has 0 aliphatic heterocycles. The molecule has 2 N–H and O–H groups in total. The molecule has 236 valence electrons. The van der Waals surface area contributed by atoms with Crippen molar-refractivity contribution in [2.75, 3.05) is 0 Å². The zero-order valence-electron chi connectivity index (χ0n) is 28.4. The topological polar surface area (TPSA) is 74.6 Å². The van der Waals surface area contributed by atoms with Gasteiger partial charge in [0.15, 0.2) is 11.6 Å². The molecule has 2 rings (SSSR count). The number of hydrogen-bond acceptors (Lipinski definition) is 4. The van der Waals surface area contributed by atoms with E-state index in [0.29, 0.717) is 24.0 Å². The third-order valence-electron chi connectivity index (χ3n) is 8.31. The minimum atomic E-state index is -0.907. The van der Waals surface area contributed by atoms with Crippen LogP contribution < -0.4 is 0 Å². The van der Waals surface area contributed by atoms with Gasteiger partial charge in [0, 0.05) is 0 Å². The number of Topliss-reactive ketones (excluding diaryl/α,β-unsaturated/α-hetero) is 2. The van der Waals surface area contributed by atoms with Gasteiger partial charge in [-0.05, 0) is 87.5 Å². The van der Waals surface area contributed by atoms with Gasteiger partial charge in [-0.2, -0.15) is 0 Å². The van der Waals surface area contributed by atoms with Crippen molar-refractivity contribution >= 4 is 11.6 Å². The molecule has 2 aliphatic rings. The normalized spacial score (nSPS) is 24.5. The molecule has 0 saturated heterocycles. The lowest BCUT2D eigenvalue weighted by Gasteiger charge is -2.34. The molecule has 0 aromatic rings. The number of allylic oxidation sites excluding steroid dienone is 20. The molecular formula is C40H52O4. The highest BCUT2D eigenvalue weighted by Crippen LogP contribution is 2.40. The Morgan fingerprint density at radius 3 is 1.20 bits per heavy atom. The Morgan fingerprint density at radius 2 is 0.864 bits per heavy atom. The molecule has 0 spiro atoms. The minimum absolute atomic E-state index is 0.175. The largest absolute Gasteiger partial charge is 0.385 e. The highest BCUT2D eigenvalue weighted by Gasteiger charge is 2.37. The third kappa shape index (κ3) is 10.5. The number of hydrogen-bond donors (Lipinski definition) is 2. The van der Waals surface area contributed by atoms with Crippen LogP contribution in [0.5, 0.6) is 0 Å². The fourth-order valence-corrected chi connectivity index (χ4v) is 5.62. The molecule has 0 amide bonds. The van der Waals surface area contributed by atoms with Gasteiger partial charge in [-0.1, -0.05) is 135 Å². The molecular weight excluding hydrogens is 544 g/mol. The quantitative estimate of drug-likeness (QED) is 0.247. The van der Waals surface area contributed by atoms with Crippen LogP contribution in [-0.4, -0.2) is 34.0 Å². The van der Waals surface area contributed by atoms with E-state index in [-0.39, 0.29) is 22.4 Å². The lowest BCUT2D eigenvalue weighted by atomic mass is 9.71. The fourth-order valence-electron chi connectivity index (χ4n) is 5.62. The standard InChI is InChI=1S/C40H52O4/c1-27(17-13-19-29(3)21-23-33-31(5)37(43)35(41)25-39(33,7)8)15-11-12-16-28(2)18-14-20-30(4)22-24-34-32(6)38(44)36(42)26-40(34,9)10/h11-24,35-36,41-42H,25-26H2,1-10H3/b12-11?,17-13+,18-14?,23-21+,24-22?,27-15?,28-16?,29-19+,30-20?. The van der Waals surface area contributed by atoms with Crippen molar-refractivity contribution in [1.82, 2.24) is 0 Å². The maximum atomic E-state index is 12.2. The molecule has 0 radical (unpaired) electrons. The predicted octanol–water partition coefficient (Wildman–Crippen LogP) is 8.91.